The van der Waals surface area contributed by atoms with Gasteiger partial charge in [-0.15, -0.1) is 0 Å². The number of benzene rings is 2. The van der Waals surface area contributed by atoms with Gasteiger partial charge in [0.1, 0.15) is 11.4 Å². The zero-order chi connectivity index (χ0) is 20.0. The van der Waals surface area contributed by atoms with E-state index in [0.717, 1.165) is 27.1 Å². The molecule has 0 aliphatic carbocycles. The van der Waals surface area contributed by atoms with Crippen molar-refractivity contribution in [2.24, 2.45) is 7.05 Å². The van der Waals surface area contributed by atoms with E-state index < -0.39 is 17.6 Å². The first-order valence-corrected chi connectivity index (χ1v) is 9.01. The van der Waals surface area contributed by atoms with Crippen LogP contribution in [0.15, 0.2) is 54.1 Å². The van der Waals surface area contributed by atoms with E-state index in [1.54, 1.807) is 12.1 Å². The van der Waals surface area contributed by atoms with Crippen molar-refractivity contribution in [3.63, 3.8) is 0 Å². The largest absolute Gasteiger partial charge is 0.347 e. The van der Waals surface area contributed by atoms with E-state index in [1.807, 2.05) is 42.8 Å². The molecule has 0 spiro atoms. The number of fused-ring (bicyclic) bond motifs is 1. The maximum atomic E-state index is 14.3. The average Bonchev–Trinajstić information content (AvgIpc) is 2.91. The van der Waals surface area contributed by atoms with Crippen LogP contribution in [0.1, 0.15) is 11.3 Å². The van der Waals surface area contributed by atoms with Crippen LogP contribution < -0.4 is 10.2 Å². The first-order chi connectivity index (χ1) is 13.4. The predicted octanol–water partition coefficient (Wildman–Crippen LogP) is 3.46. The van der Waals surface area contributed by atoms with Crippen molar-refractivity contribution in [1.82, 2.24) is 9.88 Å². The fourth-order valence-corrected chi connectivity index (χ4v) is 3.66. The fraction of sp³-hybridized carbons (Fsp3) is 0.0952. The third-order valence-electron chi connectivity index (χ3n) is 4.93. The van der Waals surface area contributed by atoms with Crippen molar-refractivity contribution in [3.8, 4) is 0 Å². The van der Waals surface area contributed by atoms with Gasteiger partial charge in [0.25, 0.3) is 11.8 Å². The highest BCUT2D eigenvalue weighted by Crippen LogP contribution is 2.29. The summed E-state index contributed by atoms with van der Waals surface area (Å²) in [7, 11) is 1.92. The maximum Gasteiger partial charge on any atom is 0.270 e. The number of halogens is 1. The molecule has 2 amide bonds. The number of carbonyl (C=O) groups excluding carboxylic acids is 2. The molecule has 1 aromatic heterocycles. The Balaban J connectivity index is 1.87. The summed E-state index contributed by atoms with van der Waals surface area (Å²) in [5.74, 6) is -1.86. The third kappa shape index (κ3) is 2.71. The van der Waals surface area contributed by atoms with Gasteiger partial charge in [-0.25, -0.2) is 9.29 Å². The molecule has 4 rings (SSSR count). The Morgan fingerprint density at radius 2 is 1.75 bits per heavy atom. The molecule has 5 nitrogen and oxygen atoms in total. The van der Waals surface area contributed by atoms with Gasteiger partial charge in [0.05, 0.1) is 5.69 Å². The normalized spacial score (nSPS) is 16.2. The predicted molar refractivity (Wildman–Crippen MR) is 110 cm³/mol. The van der Waals surface area contributed by atoms with E-state index in [0.29, 0.717) is 0 Å². The van der Waals surface area contributed by atoms with Crippen LogP contribution in [0.4, 0.5) is 10.1 Å². The van der Waals surface area contributed by atoms with Crippen LogP contribution in [0.25, 0.3) is 17.0 Å². The Labute approximate surface area is 166 Å². The minimum absolute atomic E-state index is 0.00181. The summed E-state index contributed by atoms with van der Waals surface area (Å²) in [6.45, 7) is 1.91. The standard InChI is InChI=1S/C21H16FN3O2S/c1-12-14(13-7-3-5-9-17(13)24(12)2)11-15-19(26)23-21(28)25(20(15)27)18-10-6-4-8-16(18)22/h3-11H,1-2H3,(H,23,26,28)/b15-11+. The van der Waals surface area contributed by atoms with Gasteiger partial charge >= 0.3 is 0 Å². The summed E-state index contributed by atoms with van der Waals surface area (Å²) in [5.41, 5.74) is 2.55. The van der Waals surface area contributed by atoms with Crippen molar-refractivity contribution in [3.05, 3.63) is 71.2 Å². The van der Waals surface area contributed by atoms with Crippen LogP contribution in [0, 0.1) is 12.7 Å². The second-order valence-electron chi connectivity index (χ2n) is 6.48. The molecule has 0 radical (unpaired) electrons. The molecule has 0 atom stereocenters. The molecular formula is C21H16FN3O2S. The van der Waals surface area contributed by atoms with Gasteiger partial charge in [-0.2, -0.15) is 0 Å². The van der Waals surface area contributed by atoms with Gasteiger partial charge in [0, 0.05) is 29.2 Å². The Hall–Kier alpha value is -3.32. The van der Waals surface area contributed by atoms with E-state index in [9.17, 15) is 14.0 Å². The summed E-state index contributed by atoms with van der Waals surface area (Å²) < 4.78 is 16.3. The average molecular weight is 393 g/mol. The van der Waals surface area contributed by atoms with Crippen LogP contribution in [-0.4, -0.2) is 21.5 Å². The molecule has 1 N–H and O–H groups in total. The smallest absolute Gasteiger partial charge is 0.270 e. The van der Waals surface area contributed by atoms with Gasteiger partial charge in [0.2, 0.25) is 0 Å². The van der Waals surface area contributed by atoms with Crippen LogP contribution >= 0.6 is 12.2 Å². The number of para-hydroxylation sites is 2. The number of amides is 2. The molecule has 0 saturated carbocycles. The molecule has 7 heteroatoms. The Morgan fingerprint density at radius 1 is 1.07 bits per heavy atom. The highest BCUT2D eigenvalue weighted by Gasteiger charge is 2.36. The Kier molecular flexibility index (Phi) is 4.31. The van der Waals surface area contributed by atoms with Crippen LogP contribution in [0.5, 0.6) is 0 Å². The van der Waals surface area contributed by atoms with Crippen molar-refractivity contribution < 1.29 is 14.0 Å². The van der Waals surface area contributed by atoms with Gasteiger partial charge in [-0.05, 0) is 43.4 Å². The van der Waals surface area contributed by atoms with Crippen LogP contribution in [-0.2, 0) is 16.6 Å². The Morgan fingerprint density at radius 3 is 2.50 bits per heavy atom. The van der Waals surface area contributed by atoms with Gasteiger partial charge in [-0.1, -0.05) is 30.3 Å². The third-order valence-corrected chi connectivity index (χ3v) is 5.22. The van der Waals surface area contributed by atoms with E-state index in [-0.39, 0.29) is 16.4 Å². The molecule has 2 aromatic carbocycles. The molecular weight excluding hydrogens is 377 g/mol. The molecule has 3 aromatic rings. The maximum absolute atomic E-state index is 14.3. The molecule has 1 saturated heterocycles. The number of aryl methyl sites for hydroxylation is 1. The zero-order valence-corrected chi connectivity index (χ0v) is 16.0. The van der Waals surface area contributed by atoms with Crippen LogP contribution in [0.2, 0.25) is 0 Å². The number of anilines is 1. The molecule has 140 valence electrons. The van der Waals surface area contributed by atoms with Gasteiger partial charge in [-0.3, -0.25) is 14.9 Å². The molecule has 28 heavy (non-hydrogen) atoms. The minimum Gasteiger partial charge on any atom is -0.347 e. The number of nitrogens with zero attached hydrogens (tertiary/aromatic N) is 2. The molecule has 0 unspecified atom stereocenters. The first kappa shape index (κ1) is 18.1. The highest BCUT2D eigenvalue weighted by molar-refractivity contribution is 7.80. The molecule has 1 fully saturated rings. The fourth-order valence-electron chi connectivity index (χ4n) is 3.39. The van der Waals surface area contributed by atoms with Crippen molar-refractivity contribution in [2.75, 3.05) is 4.90 Å². The van der Waals surface area contributed by atoms with E-state index in [1.165, 1.54) is 18.2 Å². The second kappa shape index (κ2) is 6.69. The monoisotopic (exact) mass is 393 g/mol. The zero-order valence-electron chi connectivity index (χ0n) is 15.2. The highest BCUT2D eigenvalue weighted by atomic mass is 32.1. The molecule has 2 heterocycles. The number of hydrogen-bond donors (Lipinski definition) is 1. The number of nitrogens with one attached hydrogen (secondary N) is 1. The number of carbonyl (C=O) groups is 2. The summed E-state index contributed by atoms with van der Waals surface area (Å²) in [4.78, 5) is 26.6. The van der Waals surface area contributed by atoms with E-state index >= 15 is 0 Å². The Bertz CT molecular complexity index is 1200. The van der Waals surface area contributed by atoms with Crippen LogP contribution in [0.3, 0.4) is 0 Å². The number of aromatic nitrogens is 1. The van der Waals surface area contributed by atoms with Gasteiger partial charge < -0.3 is 4.57 Å². The van der Waals surface area contributed by atoms with Crippen molar-refractivity contribution >= 4 is 51.8 Å². The first-order valence-electron chi connectivity index (χ1n) is 8.60. The lowest BCUT2D eigenvalue weighted by molar-refractivity contribution is -0.122. The molecule has 1 aliphatic rings. The summed E-state index contributed by atoms with van der Waals surface area (Å²) in [5, 5.41) is 3.26. The van der Waals surface area contributed by atoms with Crippen molar-refractivity contribution in [2.45, 2.75) is 6.92 Å². The van der Waals surface area contributed by atoms with Gasteiger partial charge in [0.15, 0.2) is 5.11 Å². The second-order valence-corrected chi connectivity index (χ2v) is 6.87. The number of rotatable bonds is 2. The summed E-state index contributed by atoms with van der Waals surface area (Å²) in [6, 6.07) is 13.5. The summed E-state index contributed by atoms with van der Waals surface area (Å²) >= 11 is 5.12. The number of thiocarbonyl (C=S) groups is 1. The quantitative estimate of drug-likeness (QED) is 0.412. The van der Waals surface area contributed by atoms with Crippen molar-refractivity contribution in [1.29, 1.82) is 0 Å². The number of hydrogen-bond acceptors (Lipinski definition) is 3. The lowest BCUT2D eigenvalue weighted by Crippen LogP contribution is -2.54. The summed E-state index contributed by atoms with van der Waals surface area (Å²) in [6.07, 6.45) is 1.55. The minimum atomic E-state index is -0.661. The van der Waals surface area contributed by atoms with E-state index in [4.69, 9.17) is 12.2 Å². The van der Waals surface area contributed by atoms with E-state index in [2.05, 4.69) is 5.32 Å². The lowest BCUT2D eigenvalue weighted by atomic mass is 10.0. The lowest BCUT2D eigenvalue weighted by Gasteiger charge is -2.29. The molecule has 1 aliphatic heterocycles. The SMILES string of the molecule is Cc1c(/C=C2\C(=O)NC(=S)N(c3ccccc3F)C2=O)c2ccccc2n1C. The molecule has 0 bridgehead atoms. The topological polar surface area (TPSA) is 54.3 Å².